The van der Waals surface area contributed by atoms with Crippen molar-refractivity contribution >= 4 is 0 Å². The smallest absolute Gasteiger partial charge is 0.313 e. The second-order valence-corrected chi connectivity index (χ2v) is 2.02. The van der Waals surface area contributed by atoms with Crippen molar-refractivity contribution < 1.29 is 35.5 Å². The summed E-state index contributed by atoms with van der Waals surface area (Å²) in [5, 5.41) is 0. The Morgan fingerprint density at radius 3 is 1.77 bits per heavy atom. The lowest BCUT2D eigenvalue weighted by Crippen LogP contribution is -2.34. The summed E-state index contributed by atoms with van der Waals surface area (Å²) in [7, 11) is 0. The fourth-order valence-corrected chi connectivity index (χ4v) is 0.326. The van der Waals surface area contributed by atoms with Crippen LogP contribution in [0.2, 0.25) is 0 Å². The van der Waals surface area contributed by atoms with Crippen molar-refractivity contribution in [2.24, 2.45) is 0 Å². The molecular formula is C5H5F7O. The number of alkyl halides is 7. The Morgan fingerprint density at radius 2 is 1.46 bits per heavy atom. The Balaban J connectivity index is 3.88. The van der Waals surface area contributed by atoms with Crippen LogP contribution in [0.25, 0.3) is 0 Å². The summed E-state index contributed by atoms with van der Waals surface area (Å²) in [5.74, 6) is 0. The van der Waals surface area contributed by atoms with E-state index in [9.17, 15) is 30.7 Å². The van der Waals surface area contributed by atoms with Crippen LogP contribution in [-0.4, -0.2) is 31.7 Å². The normalized spacial score (nSPS) is 15.5. The first-order chi connectivity index (χ1) is 5.77. The van der Waals surface area contributed by atoms with Gasteiger partial charge in [-0.2, -0.15) is 8.78 Å². The number of hydrogen-bond donors (Lipinski definition) is 0. The lowest BCUT2D eigenvalue weighted by atomic mass is 10.4. The second kappa shape index (κ2) is 4.64. The predicted octanol–water partition coefficient (Wildman–Crippen LogP) is 2.46. The van der Waals surface area contributed by atoms with Crippen LogP contribution in [0.1, 0.15) is 0 Å². The molecule has 0 bridgehead atoms. The number of halogens is 7. The first-order valence-corrected chi connectivity index (χ1v) is 2.99. The van der Waals surface area contributed by atoms with Crippen LogP contribution in [0, 0.1) is 0 Å². The first kappa shape index (κ1) is 12.5. The molecule has 0 rings (SSSR count). The summed E-state index contributed by atoms with van der Waals surface area (Å²) in [6.07, 6.45) is -15.6. The molecule has 0 saturated heterocycles. The van der Waals surface area contributed by atoms with Crippen molar-refractivity contribution in [2.45, 2.75) is 25.1 Å². The van der Waals surface area contributed by atoms with Crippen LogP contribution in [0.15, 0.2) is 0 Å². The van der Waals surface area contributed by atoms with E-state index in [2.05, 4.69) is 4.74 Å². The van der Waals surface area contributed by atoms with Gasteiger partial charge in [0.05, 0.1) is 6.61 Å². The van der Waals surface area contributed by atoms with Crippen molar-refractivity contribution in [1.29, 1.82) is 0 Å². The third kappa shape index (κ3) is 4.30. The average Bonchev–Trinajstić information content (AvgIpc) is 1.99. The minimum Gasteiger partial charge on any atom is -0.313 e. The molecule has 0 amide bonds. The Bertz CT molecular complexity index is 148. The van der Waals surface area contributed by atoms with E-state index in [1.807, 2.05) is 0 Å². The molecule has 0 fully saturated rings. The van der Waals surface area contributed by atoms with Gasteiger partial charge in [0.15, 0.2) is 6.17 Å². The summed E-state index contributed by atoms with van der Waals surface area (Å²) in [6, 6.07) is 0. The fourth-order valence-electron chi connectivity index (χ4n) is 0.326. The molecule has 0 aromatic rings. The maximum Gasteiger partial charge on any atom is 0.416 e. The monoisotopic (exact) mass is 214 g/mol. The molecule has 0 heterocycles. The average molecular weight is 214 g/mol. The zero-order valence-corrected chi connectivity index (χ0v) is 5.99. The van der Waals surface area contributed by atoms with Crippen molar-refractivity contribution in [3.63, 3.8) is 0 Å². The van der Waals surface area contributed by atoms with E-state index in [1.54, 1.807) is 0 Å². The predicted molar refractivity (Wildman–Crippen MR) is 27.8 cm³/mol. The van der Waals surface area contributed by atoms with Crippen LogP contribution in [0.3, 0.4) is 0 Å². The van der Waals surface area contributed by atoms with Gasteiger partial charge < -0.3 is 4.74 Å². The zero-order chi connectivity index (χ0) is 10.6. The van der Waals surface area contributed by atoms with Gasteiger partial charge in [0, 0.05) is 0 Å². The summed E-state index contributed by atoms with van der Waals surface area (Å²) in [5.41, 5.74) is 0. The zero-order valence-electron chi connectivity index (χ0n) is 5.99. The van der Waals surface area contributed by atoms with Gasteiger partial charge in [0.1, 0.15) is 0 Å². The minimum atomic E-state index is -4.89. The van der Waals surface area contributed by atoms with Gasteiger partial charge in [-0.1, -0.05) is 0 Å². The molecule has 1 atom stereocenters. The van der Waals surface area contributed by atoms with Crippen molar-refractivity contribution in [3.8, 4) is 0 Å². The van der Waals surface area contributed by atoms with Gasteiger partial charge in [-0.15, -0.1) is 0 Å². The number of rotatable bonds is 5. The first-order valence-electron chi connectivity index (χ1n) is 2.99. The SMILES string of the molecule is FC(F)C(F)COC(F)(F)C(F)F. The molecule has 0 aliphatic heterocycles. The van der Waals surface area contributed by atoms with Gasteiger partial charge >= 0.3 is 12.5 Å². The van der Waals surface area contributed by atoms with Gasteiger partial charge in [0.2, 0.25) is 0 Å². The summed E-state index contributed by atoms with van der Waals surface area (Å²) >= 11 is 0. The molecule has 13 heavy (non-hydrogen) atoms. The molecule has 0 aromatic carbocycles. The molecule has 0 spiro atoms. The highest BCUT2D eigenvalue weighted by Crippen LogP contribution is 2.25. The van der Waals surface area contributed by atoms with E-state index in [-0.39, 0.29) is 0 Å². The minimum absolute atomic E-state index is 1.77. The molecule has 80 valence electrons. The van der Waals surface area contributed by atoms with Crippen LogP contribution in [-0.2, 0) is 4.74 Å². The van der Waals surface area contributed by atoms with Gasteiger partial charge in [-0.3, -0.25) is 0 Å². The Kier molecular flexibility index (Phi) is 4.45. The maximum absolute atomic E-state index is 11.9. The van der Waals surface area contributed by atoms with E-state index in [0.29, 0.717) is 0 Å². The van der Waals surface area contributed by atoms with Gasteiger partial charge in [-0.05, 0) is 0 Å². The lowest BCUT2D eigenvalue weighted by molar-refractivity contribution is -0.306. The Hall–Kier alpha value is -0.530. The Labute approximate surface area is 68.5 Å². The van der Waals surface area contributed by atoms with Crippen molar-refractivity contribution in [3.05, 3.63) is 0 Å². The van der Waals surface area contributed by atoms with Crippen molar-refractivity contribution in [2.75, 3.05) is 6.61 Å². The maximum atomic E-state index is 11.9. The molecule has 0 N–H and O–H groups in total. The highest BCUT2D eigenvalue weighted by atomic mass is 19.3. The third-order valence-corrected chi connectivity index (χ3v) is 0.962. The van der Waals surface area contributed by atoms with Crippen LogP contribution >= 0.6 is 0 Å². The van der Waals surface area contributed by atoms with Crippen molar-refractivity contribution in [1.82, 2.24) is 0 Å². The third-order valence-electron chi connectivity index (χ3n) is 0.962. The quantitative estimate of drug-likeness (QED) is 0.638. The molecule has 0 saturated carbocycles. The van der Waals surface area contributed by atoms with Crippen LogP contribution in [0.4, 0.5) is 30.7 Å². The number of ether oxygens (including phenoxy) is 1. The fraction of sp³-hybridized carbons (Fsp3) is 1.00. The van der Waals surface area contributed by atoms with E-state index in [1.165, 1.54) is 0 Å². The summed E-state index contributed by atoms with van der Waals surface area (Å²) in [4.78, 5) is 0. The van der Waals surface area contributed by atoms with Gasteiger partial charge in [-0.25, -0.2) is 22.0 Å². The highest BCUT2D eigenvalue weighted by Gasteiger charge is 2.43. The molecule has 0 aliphatic carbocycles. The summed E-state index contributed by atoms with van der Waals surface area (Å²) in [6.45, 7) is -1.77. The molecule has 8 heteroatoms. The van der Waals surface area contributed by atoms with Gasteiger partial charge in [0.25, 0.3) is 6.43 Å². The molecular weight excluding hydrogens is 209 g/mol. The molecule has 1 unspecified atom stereocenters. The second-order valence-electron chi connectivity index (χ2n) is 2.02. The van der Waals surface area contributed by atoms with E-state index in [0.717, 1.165) is 0 Å². The van der Waals surface area contributed by atoms with Crippen LogP contribution in [0.5, 0.6) is 0 Å². The van der Waals surface area contributed by atoms with Crippen LogP contribution < -0.4 is 0 Å². The van der Waals surface area contributed by atoms with E-state index < -0.39 is 31.7 Å². The van der Waals surface area contributed by atoms with E-state index in [4.69, 9.17) is 0 Å². The molecule has 1 nitrogen and oxygen atoms in total. The standard InChI is InChI=1S/C5H5F7O/c6-2(3(7)8)1-13-5(11,12)4(9)10/h2-4H,1H2. The molecule has 0 aliphatic rings. The highest BCUT2D eigenvalue weighted by molar-refractivity contribution is 4.61. The number of hydrogen-bond acceptors (Lipinski definition) is 1. The lowest BCUT2D eigenvalue weighted by Gasteiger charge is -2.16. The molecule has 0 aromatic heterocycles. The topological polar surface area (TPSA) is 9.23 Å². The largest absolute Gasteiger partial charge is 0.416 e. The molecule has 0 radical (unpaired) electrons. The summed E-state index contributed by atoms with van der Waals surface area (Å²) < 4.78 is 83.6. The Morgan fingerprint density at radius 1 is 1.00 bits per heavy atom. The van der Waals surface area contributed by atoms with E-state index >= 15 is 0 Å².